The molecule has 0 unspecified atom stereocenters. The topological polar surface area (TPSA) is 119 Å². The van der Waals surface area contributed by atoms with Crippen LogP contribution in [-0.2, 0) is 16.0 Å². The van der Waals surface area contributed by atoms with E-state index in [1.54, 1.807) is 20.8 Å². The van der Waals surface area contributed by atoms with Crippen LogP contribution in [0.15, 0.2) is 12.1 Å². The second kappa shape index (κ2) is 6.90. The molecule has 1 aromatic rings. The molecule has 0 aliphatic heterocycles. The number of carboxylic acids is 1. The van der Waals surface area contributed by atoms with E-state index in [9.17, 15) is 19.7 Å². The van der Waals surface area contributed by atoms with E-state index in [2.05, 4.69) is 5.32 Å². The van der Waals surface area contributed by atoms with Gasteiger partial charge in [0, 0.05) is 9.64 Å². The lowest BCUT2D eigenvalue weighted by molar-refractivity contribution is -0.384. The molecule has 0 fully saturated rings. The zero-order chi connectivity index (χ0) is 17.1. The molecule has 8 nitrogen and oxygen atoms in total. The number of nitrogens with zero attached hydrogens (tertiary/aromatic N) is 1. The van der Waals surface area contributed by atoms with Crippen LogP contribution in [-0.4, -0.2) is 27.7 Å². The zero-order valence-electron chi connectivity index (χ0n) is 12.2. The maximum atomic E-state index is 11.7. The van der Waals surface area contributed by atoms with Gasteiger partial charge in [0.05, 0.1) is 11.3 Å². The molecule has 1 rings (SSSR count). The highest BCUT2D eigenvalue weighted by Crippen LogP contribution is 2.30. The second-order valence-electron chi connectivity index (χ2n) is 5.42. The average molecular weight is 422 g/mol. The second-order valence-corrected chi connectivity index (χ2v) is 6.58. The number of nitrogens with one attached hydrogen (secondary N) is 1. The number of amides is 1. The van der Waals surface area contributed by atoms with Crippen molar-refractivity contribution in [2.24, 2.45) is 0 Å². The predicted molar refractivity (Wildman–Crippen MR) is 87.0 cm³/mol. The first kappa shape index (κ1) is 18.1. The highest BCUT2D eigenvalue weighted by molar-refractivity contribution is 14.1. The van der Waals surface area contributed by atoms with Gasteiger partial charge in [-0.1, -0.05) is 0 Å². The van der Waals surface area contributed by atoms with Gasteiger partial charge in [0.25, 0.3) is 5.69 Å². The Morgan fingerprint density at radius 1 is 1.41 bits per heavy atom. The van der Waals surface area contributed by atoms with E-state index in [1.165, 1.54) is 12.1 Å². The maximum absolute atomic E-state index is 11.7. The molecule has 0 spiro atoms. The Morgan fingerprint density at radius 3 is 2.45 bits per heavy atom. The maximum Gasteiger partial charge on any atom is 0.412 e. The Morgan fingerprint density at radius 2 is 2.00 bits per heavy atom. The zero-order valence-corrected chi connectivity index (χ0v) is 14.3. The van der Waals surface area contributed by atoms with Crippen molar-refractivity contribution in [3.8, 4) is 0 Å². The first-order valence-electron chi connectivity index (χ1n) is 6.18. The Hall–Kier alpha value is -1.91. The summed E-state index contributed by atoms with van der Waals surface area (Å²) in [5.41, 5.74) is -0.823. The fourth-order valence-electron chi connectivity index (χ4n) is 1.57. The van der Waals surface area contributed by atoms with Crippen molar-refractivity contribution >= 4 is 46.0 Å². The number of hydrogen-bond donors (Lipinski definition) is 2. The Bertz CT molecular complexity index is 624. The summed E-state index contributed by atoms with van der Waals surface area (Å²) in [6.07, 6.45) is -1.16. The molecular formula is C13H15IN2O6. The molecule has 1 aromatic carbocycles. The standard InChI is InChI=1S/C13H15IN2O6/c1-13(2,3)22-12(19)15-9-4-7(5-11(17)18)8(14)6-10(9)16(20)21/h4,6H,5H2,1-3H3,(H,15,19)(H,17,18). The van der Waals surface area contributed by atoms with E-state index in [4.69, 9.17) is 9.84 Å². The third-order valence-electron chi connectivity index (χ3n) is 2.34. The summed E-state index contributed by atoms with van der Waals surface area (Å²) in [6, 6.07) is 2.49. The van der Waals surface area contributed by atoms with Crippen LogP contribution in [0.3, 0.4) is 0 Å². The van der Waals surface area contributed by atoms with Gasteiger partial charge < -0.3 is 9.84 Å². The number of aliphatic carboxylic acids is 1. The van der Waals surface area contributed by atoms with Crippen LogP contribution < -0.4 is 5.32 Å². The summed E-state index contributed by atoms with van der Waals surface area (Å²) in [7, 11) is 0. The Labute approximate surface area is 140 Å². The van der Waals surface area contributed by atoms with Gasteiger partial charge >= 0.3 is 12.1 Å². The van der Waals surface area contributed by atoms with E-state index in [-0.39, 0.29) is 17.8 Å². The number of nitro groups is 1. The van der Waals surface area contributed by atoms with Crippen LogP contribution in [0.2, 0.25) is 0 Å². The normalized spacial score (nSPS) is 10.9. The summed E-state index contributed by atoms with van der Waals surface area (Å²) in [5, 5.41) is 22.2. The fourth-order valence-corrected chi connectivity index (χ4v) is 2.21. The number of rotatable bonds is 4. The highest BCUT2D eigenvalue weighted by atomic mass is 127. The third-order valence-corrected chi connectivity index (χ3v) is 3.34. The number of carboxylic acid groups (broad SMARTS) is 1. The number of carbonyl (C=O) groups is 2. The molecule has 9 heteroatoms. The molecule has 0 heterocycles. The highest BCUT2D eigenvalue weighted by Gasteiger charge is 2.23. The molecule has 0 atom stereocenters. The largest absolute Gasteiger partial charge is 0.481 e. The Kier molecular flexibility index (Phi) is 5.69. The van der Waals surface area contributed by atoms with Gasteiger partial charge in [-0.15, -0.1) is 0 Å². The lowest BCUT2D eigenvalue weighted by atomic mass is 10.1. The summed E-state index contributed by atoms with van der Waals surface area (Å²) in [4.78, 5) is 33.0. The van der Waals surface area contributed by atoms with Crippen molar-refractivity contribution in [1.29, 1.82) is 0 Å². The van der Waals surface area contributed by atoms with Gasteiger partial charge in [0.2, 0.25) is 0 Å². The van der Waals surface area contributed by atoms with Crippen LogP contribution in [0, 0.1) is 13.7 Å². The minimum absolute atomic E-state index is 0.101. The van der Waals surface area contributed by atoms with Gasteiger partial charge in [-0.2, -0.15) is 0 Å². The molecule has 0 aliphatic carbocycles. The number of anilines is 1. The predicted octanol–water partition coefficient (Wildman–Crippen LogP) is 3.17. The van der Waals surface area contributed by atoms with Gasteiger partial charge in [-0.25, -0.2) is 4.79 Å². The molecule has 0 aromatic heterocycles. The number of benzene rings is 1. The molecule has 0 radical (unpaired) electrons. The van der Waals surface area contributed by atoms with Crippen molar-refractivity contribution in [3.63, 3.8) is 0 Å². The minimum atomic E-state index is -1.07. The molecule has 2 N–H and O–H groups in total. The first-order valence-corrected chi connectivity index (χ1v) is 7.26. The van der Waals surface area contributed by atoms with Gasteiger partial charge in [-0.3, -0.25) is 20.2 Å². The molecule has 0 aliphatic rings. The van der Waals surface area contributed by atoms with Gasteiger partial charge in [-0.05, 0) is 55.0 Å². The first-order chi connectivity index (χ1) is 9.99. The molecule has 0 bridgehead atoms. The van der Waals surface area contributed by atoms with Crippen molar-refractivity contribution in [2.45, 2.75) is 32.8 Å². The SMILES string of the molecule is CC(C)(C)OC(=O)Nc1cc(CC(=O)O)c(I)cc1[N+](=O)[O-]. The van der Waals surface area contributed by atoms with Gasteiger partial charge in [0.1, 0.15) is 11.3 Å². The van der Waals surface area contributed by atoms with E-state index >= 15 is 0 Å². The summed E-state index contributed by atoms with van der Waals surface area (Å²) < 4.78 is 5.47. The van der Waals surface area contributed by atoms with Crippen LogP contribution >= 0.6 is 22.6 Å². The minimum Gasteiger partial charge on any atom is -0.481 e. The number of carbonyl (C=O) groups excluding carboxylic acids is 1. The lowest BCUT2D eigenvalue weighted by Gasteiger charge is -2.19. The number of nitro benzene ring substituents is 1. The number of hydrogen-bond acceptors (Lipinski definition) is 5. The summed E-state index contributed by atoms with van der Waals surface area (Å²) in [6.45, 7) is 4.97. The number of ether oxygens (including phenoxy) is 1. The molecule has 22 heavy (non-hydrogen) atoms. The molecule has 120 valence electrons. The van der Waals surface area contributed by atoms with Crippen LogP contribution in [0.1, 0.15) is 26.3 Å². The van der Waals surface area contributed by atoms with Crippen LogP contribution in [0.25, 0.3) is 0 Å². The van der Waals surface area contributed by atoms with E-state index < -0.39 is 22.6 Å². The molecular weight excluding hydrogens is 407 g/mol. The Balaban J connectivity index is 3.17. The van der Waals surface area contributed by atoms with Crippen molar-refractivity contribution in [2.75, 3.05) is 5.32 Å². The molecule has 0 saturated carbocycles. The molecule has 1 amide bonds. The summed E-state index contributed by atoms with van der Waals surface area (Å²) >= 11 is 1.81. The van der Waals surface area contributed by atoms with Crippen molar-refractivity contribution in [1.82, 2.24) is 0 Å². The van der Waals surface area contributed by atoms with E-state index in [0.29, 0.717) is 9.13 Å². The van der Waals surface area contributed by atoms with E-state index in [0.717, 1.165) is 0 Å². The summed E-state index contributed by atoms with van der Waals surface area (Å²) in [5.74, 6) is -1.07. The monoisotopic (exact) mass is 422 g/mol. The quantitative estimate of drug-likeness (QED) is 0.437. The lowest BCUT2D eigenvalue weighted by Crippen LogP contribution is -2.27. The van der Waals surface area contributed by atoms with E-state index in [1.807, 2.05) is 22.6 Å². The fraction of sp³-hybridized carbons (Fsp3) is 0.385. The van der Waals surface area contributed by atoms with Crippen molar-refractivity contribution < 1.29 is 24.4 Å². The van der Waals surface area contributed by atoms with Crippen LogP contribution in [0.4, 0.5) is 16.2 Å². The van der Waals surface area contributed by atoms with Crippen molar-refractivity contribution in [3.05, 3.63) is 31.4 Å². The average Bonchev–Trinajstić information content (AvgIpc) is 2.29. The smallest absolute Gasteiger partial charge is 0.412 e. The number of halogens is 1. The molecule has 0 saturated heterocycles. The third kappa shape index (κ3) is 5.47. The van der Waals surface area contributed by atoms with Gasteiger partial charge in [0.15, 0.2) is 0 Å². The van der Waals surface area contributed by atoms with Crippen LogP contribution in [0.5, 0.6) is 0 Å².